The van der Waals surface area contributed by atoms with Gasteiger partial charge in [0.2, 0.25) is 10.0 Å². The molecule has 0 radical (unpaired) electrons. The van der Waals surface area contributed by atoms with Gasteiger partial charge in [-0.05, 0) is 38.8 Å². The van der Waals surface area contributed by atoms with E-state index in [1.54, 1.807) is 12.3 Å². The van der Waals surface area contributed by atoms with Gasteiger partial charge in [0.1, 0.15) is 0 Å². The quantitative estimate of drug-likeness (QED) is 0.808. The van der Waals surface area contributed by atoms with Crippen molar-refractivity contribution >= 4 is 10.0 Å². The predicted molar refractivity (Wildman–Crippen MR) is 80.1 cm³/mol. The summed E-state index contributed by atoms with van der Waals surface area (Å²) in [5, 5.41) is 3.09. The Hall–Kier alpha value is -0.850. The number of nitrogens with zero attached hydrogens (tertiary/aromatic N) is 1. The van der Waals surface area contributed by atoms with E-state index in [1.165, 1.54) is 0 Å². The van der Waals surface area contributed by atoms with Crippen LogP contribution in [0.1, 0.15) is 45.3 Å². The molecule has 1 aromatic heterocycles. The van der Waals surface area contributed by atoms with Crippen molar-refractivity contribution in [3.8, 4) is 0 Å². The Morgan fingerprint density at radius 3 is 2.50 bits per heavy atom. The van der Waals surface area contributed by atoms with E-state index in [2.05, 4.69) is 14.6 Å². The van der Waals surface area contributed by atoms with Crippen molar-refractivity contribution in [1.29, 1.82) is 0 Å². The molecule has 0 aromatic carbocycles. The normalized spacial score (nSPS) is 17.6. The standard InChI is InChI=1S/C14H25N3O2S/c1-10(2)11(3)16-20(18,19)14-7-13(8-15-4)17(9-14)12-5-6-12/h7,9-12,15-16H,5-6,8H2,1-4H3. The molecule has 1 heterocycles. The zero-order valence-corrected chi connectivity index (χ0v) is 13.5. The molecule has 2 N–H and O–H groups in total. The molecule has 0 aliphatic heterocycles. The van der Waals surface area contributed by atoms with E-state index in [1.807, 2.05) is 27.8 Å². The molecule has 0 spiro atoms. The molecule has 1 aliphatic carbocycles. The van der Waals surface area contributed by atoms with Crippen LogP contribution < -0.4 is 10.0 Å². The molecule has 1 fully saturated rings. The van der Waals surface area contributed by atoms with Crippen molar-refractivity contribution in [2.75, 3.05) is 7.05 Å². The van der Waals surface area contributed by atoms with E-state index in [0.717, 1.165) is 18.5 Å². The van der Waals surface area contributed by atoms with E-state index in [-0.39, 0.29) is 12.0 Å². The van der Waals surface area contributed by atoms with Crippen molar-refractivity contribution in [3.63, 3.8) is 0 Å². The van der Waals surface area contributed by atoms with Crippen LogP contribution in [0.15, 0.2) is 17.2 Å². The average Bonchev–Trinajstić information content (AvgIpc) is 3.10. The third-order valence-electron chi connectivity index (χ3n) is 3.86. The van der Waals surface area contributed by atoms with E-state index in [9.17, 15) is 8.42 Å². The molecule has 6 heteroatoms. The molecule has 1 unspecified atom stereocenters. The van der Waals surface area contributed by atoms with Crippen molar-refractivity contribution in [2.24, 2.45) is 5.92 Å². The first-order valence-corrected chi connectivity index (χ1v) is 8.71. The highest BCUT2D eigenvalue weighted by molar-refractivity contribution is 7.89. The van der Waals surface area contributed by atoms with E-state index < -0.39 is 10.0 Å². The summed E-state index contributed by atoms with van der Waals surface area (Å²) in [4.78, 5) is 0.377. The Balaban J connectivity index is 2.25. The maximum atomic E-state index is 12.4. The maximum Gasteiger partial charge on any atom is 0.242 e. The summed E-state index contributed by atoms with van der Waals surface area (Å²) in [5.74, 6) is 0.270. The second-order valence-electron chi connectivity index (χ2n) is 5.99. The van der Waals surface area contributed by atoms with E-state index in [4.69, 9.17) is 0 Å². The molecule has 2 rings (SSSR count). The van der Waals surface area contributed by atoms with E-state index >= 15 is 0 Å². The number of nitrogens with one attached hydrogen (secondary N) is 2. The monoisotopic (exact) mass is 299 g/mol. The molecular weight excluding hydrogens is 274 g/mol. The fourth-order valence-electron chi connectivity index (χ4n) is 2.11. The zero-order valence-electron chi connectivity index (χ0n) is 12.7. The zero-order chi connectivity index (χ0) is 14.9. The Morgan fingerprint density at radius 2 is 2.00 bits per heavy atom. The highest BCUT2D eigenvalue weighted by Crippen LogP contribution is 2.37. The van der Waals surface area contributed by atoms with Crippen LogP contribution in [0.2, 0.25) is 0 Å². The fraction of sp³-hybridized carbons (Fsp3) is 0.714. The Morgan fingerprint density at radius 1 is 1.35 bits per heavy atom. The van der Waals surface area contributed by atoms with Crippen LogP contribution in [-0.2, 0) is 16.6 Å². The van der Waals surface area contributed by atoms with Gasteiger partial charge in [0.25, 0.3) is 0 Å². The van der Waals surface area contributed by atoms with Crippen LogP contribution >= 0.6 is 0 Å². The highest BCUT2D eigenvalue weighted by atomic mass is 32.2. The molecule has 20 heavy (non-hydrogen) atoms. The molecule has 114 valence electrons. The Bertz CT molecular complexity index is 559. The average molecular weight is 299 g/mol. The number of hydrogen-bond donors (Lipinski definition) is 2. The largest absolute Gasteiger partial charge is 0.346 e. The van der Waals surface area contributed by atoms with Crippen LogP contribution in [0, 0.1) is 5.92 Å². The van der Waals surface area contributed by atoms with Gasteiger partial charge in [-0.1, -0.05) is 13.8 Å². The van der Waals surface area contributed by atoms with Crippen LogP contribution in [0.3, 0.4) is 0 Å². The Kier molecular flexibility index (Phi) is 4.56. The van der Waals surface area contributed by atoms with Gasteiger partial charge in [0.05, 0.1) is 4.90 Å². The molecule has 1 atom stereocenters. The fourth-order valence-corrected chi connectivity index (χ4v) is 3.55. The first-order valence-electron chi connectivity index (χ1n) is 7.23. The summed E-state index contributed by atoms with van der Waals surface area (Å²) in [6.45, 7) is 6.60. The predicted octanol–water partition coefficient (Wildman–Crippen LogP) is 1.87. The molecule has 0 bridgehead atoms. The molecular formula is C14H25N3O2S. The van der Waals surface area contributed by atoms with Gasteiger partial charge in [-0.25, -0.2) is 13.1 Å². The summed E-state index contributed by atoms with van der Waals surface area (Å²) >= 11 is 0. The van der Waals surface area contributed by atoms with E-state index in [0.29, 0.717) is 17.5 Å². The van der Waals surface area contributed by atoms with Gasteiger partial charge < -0.3 is 9.88 Å². The summed E-state index contributed by atoms with van der Waals surface area (Å²) in [6, 6.07) is 2.19. The molecule has 0 saturated heterocycles. The minimum absolute atomic E-state index is 0.0722. The number of sulfonamides is 1. The third kappa shape index (κ3) is 3.42. The molecule has 1 saturated carbocycles. The van der Waals surface area contributed by atoms with Crippen molar-refractivity contribution in [2.45, 2.75) is 57.1 Å². The first kappa shape index (κ1) is 15.5. The minimum Gasteiger partial charge on any atom is -0.346 e. The number of aromatic nitrogens is 1. The summed E-state index contributed by atoms with van der Waals surface area (Å²) < 4.78 is 29.7. The van der Waals surface area contributed by atoms with Gasteiger partial charge >= 0.3 is 0 Å². The number of rotatable bonds is 7. The molecule has 1 aromatic rings. The third-order valence-corrected chi connectivity index (χ3v) is 5.38. The van der Waals surface area contributed by atoms with Crippen molar-refractivity contribution < 1.29 is 8.42 Å². The first-order chi connectivity index (χ1) is 9.35. The van der Waals surface area contributed by atoms with Gasteiger partial charge in [-0.15, -0.1) is 0 Å². The SMILES string of the molecule is CNCc1cc(S(=O)(=O)NC(C)C(C)C)cn1C1CC1. The van der Waals surface area contributed by atoms with Gasteiger partial charge in [0.15, 0.2) is 0 Å². The number of hydrogen-bond acceptors (Lipinski definition) is 3. The highest BCUT2D eigenvalue weighted by Gasteiger charge is 2.28. The lowest BCUT2D eigenvalue weighted by atomic mass is 10.1. The van der Waals surface area contributed by atoms with Gasteiger partial charge in [0, 0.05) is 30.5 Å². The second-order valence-corrected chi connectivity index (χ2v) is 7.70. The van der Waals surface area contributed by atoms with Gasteiger partial charge in [-0.2, -0.15) is 0 Å². The minimum atomic E-state index is -3.43. The Labute approximate surface area is 121 Å². The second kappa shape index (κ2) is 5.87. The molecule has 0 amide bonds. The van der Waals surface area contributed by atoms with Crippen LogP contribution in [0.5, 0.6) is 0 Å². The van der Waals surface area contributed by atoms with Gasteiger partial charge in [-0.3, -0.25) is 0 Å². The lowest BCUT2D eigenvalue weighted by Gasteiger charge is -2.16. The van der Waals surface area contributed by atoms with Crippen LogP contribution in [0.4, 0.5) is 0 Å². The summed E-state index contributed by atoms with van der Waals surface area (Å²) in [6.07, 6.45) is 4.06. The maximum absolute atomic E-state index is 12.4. The lowest BCUT2D eigenvalue weighted by molar-refractivity contribution is 0.476. The van der Waals surface area contributed by atoms with Crippen molar-refractivity contribution in [1.82, 2.24) is 14.6 Å². The van der Waals surface area contributed by atoms with Crippen LogP contribution in [-0.4, -0.2) is 26.1 Å². The smallest absolute Gasteiger partial charge is 0.242 e. The lowest BCUT2D eigenvalue weighted by Crippen LogP contribution is -2.35. The van der Waals surface area contributed by atoms with Crippen molar-refractivity contribution in [3.05, 3.63) is 18.0 Å². The molecule has 1 aliphatic rings. The van der Waals surface area contributed by atoms with Crippen LogP contribution in [0.25, 0.3) is 0 Å². The molecule has 5 nitrogen and oxygen atoms in total. The summed E-state index contributed by atoms with van der Waals surface area (Å²) in [5.41, 5.74) is 1.03. The topological polar surface area (TPSA) is 63.1 Å². The summed E-state index contributed by atoms with van der Waals surface area (Å²) in [7, 11) is -1.56.